The molecule has 0 aliphatic carbocycles. The number of Topliss-reactive ketones (excluding diaryl/α,β-unsaturated/α-hetero) is 1. The Labute approximate surface area is 224 Å². The molecule has 0 spiro atoms. The number of carbonyl (C=O) groups excluding carboxylic acids is 2. The highest BCUT2D eigenvalue weighted by Gasteiger charge is 2.35. The maximum atomic E-state index is 14.1. The number of carbonyl (C=O) groups is 2. The van der Waals surface area contributed by atoms with E-state index < -0.39 is 28.8 Å². The van der Waals surface area contributed by atoms with Crippen LogP contribution in [0.2, 0.25) is 0 Å². The molecule has 0 saturated carbocycles. The van der Waals surface area contributed by atoms with Crippen molar-refractivity contribution < 1.29 is 27.8 Å². The smallest absolute Gasteiger partial charge is 0.277 e. The number of ketones is 1. The van der Waals surface area contributed by atoms with Gasteiger partial charge in [0.2, 0.25) is 5.43 Å². The lowest BCUT2D eigenvalue weighted by molar-refractivity contribution is 0.0619. The number of nitrogens with two attached hydrogens (primary N) is 1. The average molecular weight is 541 g/mol. The van der Waals surface area contributed by atoms with Gasteiger partial charge in [-0.3, -0.25) is 24.1 Å². The van der Waals surface area contributed by atoms with Gasteiger partial charge in [-0.05, 0) is 23.6 Å². The number of hydrogen-bond acceptors (Lipinski definition) is 7. The fourth-order valence-electron chi connectivity index (χ4n) is 4.35. The molecule has 11 heteroatoms. The Morgan fingerprint density at radius 2 is 1.85 bits per heavy atom. The third-order valence-corrected chi connectivity index (χ3v) is 6.39. The molecule has 1 amide bonds. The number of halogens is 2. The van der Waals surface area contributed by atoms with Gasteiger partial charge in [0.1, 0.15) is 24.9 Å². The number of methoxy groups -OCH3 is 1. The van der Waals surface area contributed by atoms with Gasteiger partial charge >= 0.3 is 0 Å². The Balaban J connectivity index is 1.74. The van der Waals surface area contributed by atoms with Crippen LogP contribution in [0.4, 0.5) is 8.78 Å². The SMILES string of the molecule is COCCN1CN(CCN)n2cc(C(=O)CCc3ccc(F)cc3F)c(=O)c(OCc3ccccc3)c2C1=O. The summed E-state index contributed by atoms with van der Waals surface area (Å²) in [6.45, 7) is 1.26. The first-order chi connectivity index (χ1) is 18.8. The Morgan fingerprint density at radius 3 is 2.54 bits per heavy atom. The summed E-state index contributed by atoms with van der Waals surface area (Å²) in [5, 5.41) is 1.73. The monoisotopic (exact) mass is 540 g/mol. The summed E-state index contributed by atoms with van der Waals surface area (Å²) in [5.74, 6) is -2.77. The minimum atomic E-state index is -0.771. The van der Waals surface area contributed by atoms with Gasteiger partial charge in [0.25, 0.3) is 5.91 Å². The van der Waals surface area contributed by atoms with Crippen molar-refractivity contribution in [3.63, 3.8) is 0 Å². The lowest BCUT2D eigenvalue weighted by Crippen LogP contribution is -2.56. The Hall–Kier alpha value is -4.09. The molecule has 39 heavy (non-hydrogen) atoms. The number of rotatable bonds is 12. The van der Waals surface area contributed by atoms with Gasteiger partial charge in [0.15, 0.2) is 17.2 Å². The minimum Gasteiger partial charge on any atom is -0.482 e. The number of fused-ring (bicyclic) bond motifs is 1. The number of amides is 1. The summed E-state index contributed by atoms with van der Waals surface area (Å²) in [6, 6.07) is 12.2. The van der Waals surface area contributed by atoms with E-state index in [4.69, 9.17) is 15.2 Å². The zero-order valence-corrected chi connectivity index (χ0v) is 21.6. The normalized spacial score (nSPS) is 13.0. The molecule has 3 aromatic rings. The van der Waals surface area contributed by atoms with Crippen LogP contribution < -0.4 is 20.9 Å². The first-order valence-corrected chi connectivity index (χ1v) is 12.5. The van der Waals surface area contributed by atoms with Gasteiger partial charge < -0.3 is 20.1 Å². The Bertz CT molecular complexity index is 1400. The Morgan fingerprint density at radius 1 is 1.08 bits per heavy atom. The van der Waals surface area contributed by atoms with Crippen LogP contribution in [0.3, 0.4) is 0 Å². The molecule has 4 rings (SSSR count). The largest absolute Gasteiger partial charge is 0.482 e. The molecule has 2 aromatic carbocycles. The van der Waals surface area contributed by atoms with Gasteiger partial charge in [-0.25, -0.2) is 8.78 Å². The third-order valence-electron chi connectivity index (χ3n) is 6.39. The van der Waals surface area contributed by atoms with Crippen molar-refractivity contribution in [3.05, 3.63) is 99.0 Å². The number of nitrogens with zero attached hydrogens (tertiary/aromatic N) is 3. The number of benzene rings is 2. The van der Waals surface area contributed by atoms with Crippen molar-refractivity contribution in [2.45, 2.75) is 19.4 Å². The van der Waals surface area contributed by atoms with Crippen LogP contribution in [-0.4, -0.2) is 61.3 Å². The van der Waals surface area contributed by atoms with Crippen molar-refractivity contribution in [2.75, 3.05) is 45.0 Å². The predicted molar refractivity (Wildman–Crippen MR) is 140 cm³/mol. The molecule has 206 valence electrons. The molecule has 0 unspecified atom stereocenters. The van der Waals surface area contributed by atoms with Crippen LogP contribution >= 0.6 is 0 Å². The van der Waals surface area contributed by atoms with E-state index in [1.807, 2.05) is 30.3 Å². The van der Waals surface area contributed by atoms with Gasteiger partial charge in [-0.1, -0.05) is 36.4 Å². The second-order valence-electron chi connectivity index (χ2n) is 9.05. The fraction of sp³-hybridized carbons (Fsp3) is 0.321. The summed E-state index contributed by atoms with van der Waals surface area (Å²) in [5.41, 5.74) is 5.78. The molecule has 1 aromatic heterocycles. The molecule has 2 N–H and O–H groups in total. The molecule has 0 fully saturated rings. The zero-order valence-electron chi connectivity index (χ0n) is 21.6. The lowest BCUT2D eigenvalue weighted by atomic mass is 10.0. The van der Waals surface area contributed by atoms with Crippen molar-refractivity contribution >= 4 is 11.7 Å². The number of ether oxygens (including phenoxy) is 2. The highest BCUT2D eigenvalue weighted by molar-refractivity contribution is 6.00. The van der Waals surface area contributed by atoms with Gasteiger partial charge in [-0.2, -0.15) is 0 Å². The summed E-state index contributed by atoms with van der Waals surface area (Å²) in [4.78, 5) is 41.9. The van der Waals surface area contributed by atoms with Gasteiger partial charge in [0, 0.05) is 45.4 Å². The molecular weight excluding hydrogens is 510 g/mol. The second kappa shape index (κ2) is 12.6. The third kappa shape index (κ3) is 6.32. The van der Waals surface area contributed by atoms with Crippen LogP contribution in [0.25, 0.3) is 0 Å². The van der Waals surface area contributed by atoms with Crippen LogP contribution in [0.5, 0.6) is 5.75 Å². The topological polar surface area (TPSA) is 107 Å². The fourth-order valence-corrected chi connectivity index (χ4v) is 4.35. The van der Waals surface area contributed by atoms with Crippen LogP contribution in [-0.2, 0) is 17.8 Å². The highest BCUT2D eigenvalue weighted by Crippen LogP contribution is 2.24. The zero-order chi connectivity index (χ0) is 27.9. The molecule has 1 aliphatic heterocycles. The van der Waals surface area contributed by atoms with Crippen molar-refractivity contribution in [3.8, 4) is 5.75 Å². The minimum absolute atomic E-state index is 0.0102. The highest BCUT2D eigenvalue weighted by atomic mass is 19.1. The van der Waals surface area contributed by atoms with Crippen molar-refractivity contribution in [1.29, 1.82) is 0 Å². The van der Waals surface area contributed by atoms with Crippen molar-refractivity contribution in [1.82, 2.24) is 9.58 Å². The van der Waals surface area contributed by atoms with E-state index in [1.54, 1.807) is 5.01 Å². The van der Waals surface area contributed by atoms with Gasteiger partial charge in [0.05, 0.1) is 12.2 Å². The number of aromatic nitrogens is 1. The maximum Gasteiger partial charge on any atom is 0.277 e. The van der Waals surface area contributed by atoms with Crippen LogP contribution in [0.1, 0.15) is 38.4 Å². The summed E-state index contributed by atoms with van der Waals surface area (Å²) < 4.78 is 39.9. The molecule has 0 saturated heterocycles. The van der Waals surface area contributed by atoms with Crippen molar-refractivity contribution in [2.24, 2.45) is 5.73 Å². The second-order valence-corrected chi connectivity index (χ2v) is 9.05. The lowest BCUT2D eigenvalue weighted by Gasteiger charge is -2.40. The van der Waals surface area contributed by atoms with E-state index in [0.29, 0.717) is 6.54 Å². The number of hydrogen-bond donors (Lipinski definition) is 1. The average Bonchev–Trinajstić information content (AvgIpc) is 2.93. The number of aryl methyl sites for hydroxylation is 1. The number of pyridine rings is 1. The Kier molecular flexibility index (Phi) is 9.05. The van der Waals surface area contributed by atoms with Crippen LogP contribution in [0, 0.1) is 11.6 Å². The maximum absolute atomic E-state index is 14.1. The van der Waals surface area contributed by atoms with E-state index in [2.05, 4.69) is 0 Å². The first-order valence-electron chi connectivity index (χ1n) is 12.5. The molecule has 0 bridgehead atoms. The van der Waals surface area contributed by atoms with E-state index >= 15 is 0 Å². The molecular formula is C28H30F2N4O5. The first kappa shape index (κ1) is 27.9. The van der Waals surface area contributed by atoms with E-state index in [0.717, 1.165) is 17.7 Å². The van der Waals surface area contributed by atoms with Crippen LogP contribution in [0.15, 0.2) is 59.5 Å². The van der Waals surface area contributed by atoms with E-state index in [-0.39, 0.29) is 68.4 Å². The summed E-state index contributed by atoms with van der Waals surface area (Å²) in [6.07, 6.45) is 1.07. The molecule has 0 atom stereocenters. The molecule has 1 aliphatic rings. The summed E-state index contributed by atoms with van der Waals surface area (Å²) >= 11 is 0. The molecule has 0 radical (unpaired) electrons. The van der Waals surface area contributed by atoms with Gasteiger partial charge in [-0.15, -0.1) is 0 Å². The standard InChI is InChI=1S/C28H30F2N4O5/c1-38-14-13-32-18-33(12-11-31)34-16-22(24(35)10-8-20-7-9-21(29)15-23(20)30)26(36)27(25(34)28(32)37)39-17-19-5-3-2-4-6-19/h2-7,9,15-16H,8,10-14,17-18,31H2,1H3. The quantitative estimate of drug-likeness (QED) is 0.352. The van der Waals surface area contributed by atoms with E-state index in [1.165, 1.54) is 28.9 Å². The summed E-state index contributed by atoms with van der Waals surface area (Å²) in [7, 11) is 1.52. The molecule has 2 heterocycles. The predicted octanol–water partition coefficient (Wildman–Crippen LogP) is 2.48. The van der Waals surface area contributed by atoms with E-state index in [9.17, 15) is 23.2 Å². The molecule has 9 nitrogen and oxygen atoms in total.